The second kappa shape index (κ2) is 12.8. The fraction of sp³-hybridized carbons (Fsp3) is 0.613. The van der Waals surface area contributed by atoms with Crippen molar-refractivity contribution in [3.05, 3.63) is 47.0 Å². The first-order valence-electron chi connectivity index (χ1n) is 15.3. The molecule has 3 heterocycles. The van der Waals surface area contributed by atoms with Gasteiger partial charge < -0.3 is 30.3 Å². The number of alkyl halides is 3. The Morgan fingerprint density at radius 1 is 1.18 bits per heavy atom. The number of nitrogens with zero attached hydrogens (tertiary/aromatic N) is 2. The van der Waals surface area contributed by atoms with E-state index in [1.54, 1.807) is 13.0 Å². The van der Waals surface area contributed by atoms with Crippen LogP contribution < -0.4 is 11.1 Å². The number of carbonyl (C=O) groups excluding carboxylic acids is 4. The molecule has 5 rings (SSSR count). The van der Waals surface area contributed by atoms with E-state index in [1.807, 2.05) is 12.2 Å². The first-order valence-corrected chi connectivity index (χ1v) is 15.3. The zero-order valence-electron chi connectivity index (χ0n) is 24.7. The molecule has 44 heavy (non-hydrogen) atoms. The van der Waals surface area contributed by atoms with Crippen molar-refractivity contribution in [2.24, 2.45) is 11.7 Å². The number of esters is 1. The maximum Gasteiger partial charge on any atom is 0.416 e. The van der Waals surface area contributed by atoms with Gasteiger partial charge in [0.15, 0.2) is 0 Å². The number of allylic oxidation sites excluding steroid dienone is 1. The van der Waals surface area contributed by atoms with Crippen LogP contribution in [-0.4, -0.2) is 77.1 Å². The summed E-state index contributed by atoms with van der Waals surface area (Å²) in [5, 5.41) is 2.84. The number of amides is 3. The summed E-state index contributed by atoms with van der Waals surface area (Å²) in [6, 6.07) is 2.03. The molecule has 3 N–H and O–H groups in total. The number of nitrogens with two attached hydrogens (primary N) is 1. The molecule has 240 valence electrons. The third kappa shape index (κ3) is 6.57. The summed E-state index contributed by atoms with van der Waals surface area (Å²) < 4.78 is 51.9. The Kier molecular flexibility index (Phi) is 9.24. The molecular formula is C31H39F3N4O6. The third-order valence-electron chi connectivity index (χ3n) is 9.02. The highest BCUT2D eigenvalue weighted by Crippen LogP contribution is 2.46. The molecule has 0 bridgehead atoms. The normalized spacial score (nSPS) is 30.1. The summed E-state index contributed by atoms with van der Waals surface area (Å²) in [5.74, 6) is -1.84. The Labute approximate surface area is 254 Å². The van der Waals surface area contributed by atoms with Crippen LogP contribution in [0.3, 0.4) is 0 Å². The average Bonchev–Trinajstić information content (AvgIpc) is 3.52. The fourth-order valence-corrected chi connectivity index (χ4v) is 6.51. The van der Waals surface area contributed by atoms with Gasteiger partial charge in [0.05, 0.1) is 24.8 Å². The highest BCUT2D eigenvalue weighted by atomic mass is 19.4. The molecule has 13 heteroatoms. The van der Waals surface area contributed by atoms with Crippen LogP contribution in [0.5, 0.6) is 0 Å². The molecule has 3 amide bonds. The monoisotopic (exact) mass is 620 g/mol. The molecule has 0 radical (unpaired) electrons. The molecule has 3 aliphatic heterocycles. The highest BCUT2D eigenvalue weighted by Gasteiger charge is 2.62. The summed E-state index contributed by atoms with van der Waals surface area (Å²) in [4.78, 5) is 55.8. The van der Waals surface area contributed by atoms with Crippen LogP contribution in [-0.2, 0) is 43.0 Å². The van der Waals surface area contributed by atoms with Gasteiger partial charge in [0.2, 0.25) is 11.8 Å². The van der Waals surface area contributed by atoms with Gasteiger partial charge in [0.1, 0.15) is 17.7 Å². The van der Waals surface area contributed by atoms with E-state index in [9.17, 15) is 32.3 Å². The predicted molar refractivity (Wildman–Crippen MR) is 152 cm³/mol. The van der Waals surface area contributed by atoms with Crippen molar-refractivity contribution in [1.82, 2.24) is 15.1 Å². The number of nitrogens with one attached hydrogen (secondary N) is 1. The summed E-state index contributed by atoms with van der Waals surface area (Å²) in [5.41, 5.74) is 4.76. The van der Waals surface area contributed by atoms with Crippen molar-refractivity contribution in [2.75, 3.05) is 19.7 Å². The van der Waals surface area contributed by atoms with Crippen LogP contribution in [0.4, 0.5) is 18.0 Å². The Hall–Kier alpha value is -3.61. The standard InChI is InChI=1S/C31H39F3N4O6/c1-2-43-28(41)30-16-20(30)10-6-4-3-5-7-12-24(35)27(40)38-17-21(15-25(38)26(39)36-30)44-29(42)37-14-13-19-9-8-11-23(22(19)18-37)31(32,33)34/h6,8-11,20-21,24-25H,2-5,7,12-18,35H2,1H3,(H,36,39)/b10-6+. The number of rotatable bonds is 3. The molecule has 0 spiro atoms. The number of halogens is 3. The lowest BCUT2D eigenvalue weighted by Crippen LogP contribution is -2.55. The minimum absolute atomic E-state index is 0.0279. The van der Waals surface area contributed by atoms with E-state index in [2.05, 4.69) is 5.32 Å². The number of carbonyl (C=O) groups is 4. The Bertz CT molecular complexity index is 1320. The first kappa shape index (κ1) is 31.8. The molecule has 1 aliphatic carbocycles. The second-order valence-corrected chi connectivity index (χ2v) is 12.0. The average molecular weight is 621 g/mol. The fourth-order valence-electron chi connectivity index (χ4n) is 6.51. The van der Waals surface area contributed by atoms with Gasteiger partial charge in [-0.1, -0.05) is 37.1 Å². The first-order chi connectivity index (χ1) is 20.9. The molecule has 2 fully saturated rings. The number of hydrogen-bond acceptors (Lipinski definition) is 7. The summed E-state index contributed by atoms with van der Waals surface area (Å²) in [7, 11) is 0. The van der Waals surface area contributed by atoms with E-state index >= 15 is 0 Å². The van der Waals surface area contributed by atoms with Crippen molar-refractivity contribution < 1.29 is 41.8 Å². The Morgan fingerprint density at radius 3 is 2.73 bits per heavy atom. The lowest BCUT2D eigenvalue weighted by Gasteiger charge is -2.31. The summed E-state index contributed by atoms with van der Waals surface area (Å²) >= 11 is 0. The van der Waals surface area contributed by atoms with Crippen LogP contribution in [0.15, 0.2) is 30.4 Å². The molecule has 1 saturated heterocycles. The minimum Gasteiger partial charge on any atom is -0.464 e. The lowest BCUT2D eigenvalue weighted by atomic mass is 9.95. The molecule has 1 aromatic carbocycles. The molecule has 0 aromatic heterocycles. The third-order valence-corrected chi connectivity index (χ3v) is 9.02. The molecule has 10 nitrogen and oxygen atoms in total. The summed E-state index contributed by atoms with van der Waals surface area (Å²) in [6.07, 6.45) is 1.85. The van der Waals surface area contributed by atoms with E-state index in [0.717, 1.165) is 31.7 Å². The number of ether oxygens (including phenoxy) is 2. The molecular weight excluding hydrogens is 581 g/mol. The molecule has 5 atom stereocenters. The van der Waals surface area contributed by atoms with Crippen molar-refractivity contribution >= 4 is 23.9 Å². The van der Waals surface area contributed by atoms with E-state index < -0.39 is 59.3 Å². The van der Waals surface area contributed by atoms with Gasteiger partial charge in [0.25, 0.3) is 0 Å². The largest absolute Gasteiger partial charge is 0.464 e. The molecule has 1 aromatic rings. The van der Waals surface area contributed by atoms with E-state index in [-0.39, 0.29) is 50.6 Å². The SMILES string of the molecule is CCOC(=O)C12CC1/C=C/CCCCCC(N)C(=O)N1CC(OC(=O)N3CCc4cccc(C(F)(F)F)c4C3)CC1C(=O)N2. The molecule has 5 unspecified atom stereocenters. The van der Waals surface area contributed by atoms with Gasteiger partial charge >= 0.3 is 18.2 Å². The molecule has 1 saturated carbocycles. The Morgan fingerprint density at radius 2 is 1.98 bits per heavy atom. The maximum atomic E-state index is 13.7. The van der Waals surface area contributed by atoms with Crippen molar-refractivity contribution in [3.8, 4) is 0 Å². The van der Waals surface area contributed by atoms with E-state index in [1.165, 1.54) is 15.9 Å². The van der Waals surface area contributed by atoms with Crippen molar-refractivity contribution in [2.45, 2.75) is 94.7 Å². The van der Waals surface area contributed by atoms with Crippen LogP contribution in [0.2, 0.25) is 0 Å². The smallest absolute Gasteiger partial charge is 0.416 e. The highest BCUT2D eigenvalue weighted by molar-refractivity contribution is 5.96. The number of fused-ring (bicyclic) bond motifs is 3. The van der Waals surface area contributed by atoms with Gasteiger partial charge in [-0.25, -0.2) is 9.59 Å². The number of hydrogen-bond donors (Lipinski definition) is 2. The lowest BCUT2D eigenvalue weighted by molar-refractivity contribution is -0.150. The summed E-state index contributed by atoms with van der Waals surface area (Å²) in [6.45, 7) is 1.60. The quantitative estimate of drug-likeness (QED) is 0.391. The van der Waals surface area contributed by atoms with Crippen LogP contribution in [0.25, 0.3) is 0 Å². The zero-order chi connectivity index (χ0) is 31.6. The number of benzene rings is 1. The Balaban J connectivity index is 1.33. The van der Waals surface area contributed by atoms with Gasteiger partial charge in [0, 0.05) is 25.4 Å². The van der Waals surface area contributed by atoms with Gasteiger partial charge in [-0.3, -0.25) is 9.59 Å². The predicted octanol–water partition coefficient (Wildman–Crippen LogP) is 3.46. The van der Waals surface area contributed by atoms with Crippen LogP contribution >= 0.6 is 0 Å². The van der Waals surface area contributed by atoms with Gasteiger partial charge in [-0.2, -0.15) is 13.2 Å². The van der Waals surface area contributed by atoms with Crippen molar-refractivity contribution in [3.63, 3.8) is 0 Å². The minimum atomic E-state index is -4.57. The van der Waals surface area contributed by atoms with Crippen LogP contribution in [0, 0.1) is 5.92 Å². The topological polar surface area (TPSA) is 131 Å². The van der Waals surface area contributed by atoms with Crippen LogP contribution in [0.1, 0.15) is 68.6 Å². The van der Waals surface area contributed by atoms with Crippen molar-refractivity contribution in [1.29, 1.82) is 0 Å². The van der Waals surface area contributed by atoms with Gasteiger partial charge in [-0.05, 0) is 56.2 Å². The maximum absolute atomic E-state index is 13.7. The second-order valence-electron chi connectivity index (χ2n) is 12.0. The molecule has 4 aliphatic rings. The van der Waals surface area contributed by atoms with E-state index in [4.69, 9.17) is 15.2 Å². The van der Waals surface area contributed by atoms with Gasteiger partial charge in [-0.15, -0.1) is 0 Å². The van der Waals surface area contributed by atoms with E-state index in [0.29, 0.717) is 18.4 Å². The zero-order valence-corrected chi connectivity index (χ0v) is 24.7.